The minimum absolute atomic E-state index is 0.257. The summed E-state index contributed by atoms with van der Waals surface area (Å²) in [7, 11) is 3.79. The second-order valence-corrected chi connectivity index (χ2v) is 5.83. The molecule has 1 N–H and O–H groups in total. The molecule has 0 bridgehead atoms. The molecule has 28 heavy (non-hydrogen) atoms. The smallest absolute Gasteiger partial charge is 0.361 e. The van der Waals surface area contributed by atoms with Gasteiger partial charge in [-0.25, -0.2) is 14.3 Å². The number of carbonyl (C=O) groups excluding carboxylic acids is 3. The zero-order chi connectivity index (χ0) is 20.8. The number of anilines is 1. The third-order valence-electron chi connectivity index (χ3n) is 4.05. The van der Waals surface area contributed by atoms with Crippen molar-refractivity contribution in [3.8, 4) is 5.75 Å². The molecule has 0 unspecified atom stereocenters. The standard InChI is InChI=1S/C18H22N4O6/c1-6-12(16(23)19-11-9-10(2)7-8-13(11)26-3)22-15(18(25)28-5)14(20-21-22)17(24)27-4/h7-9,12H,6H2,1-5H3,(H,19,23)/t12-/m0/s1. The van der Waals surface area contributed by atoms with Crippen molar-refractivity contribution >= 4 is 23.5 Å². The number of carbonyl (C=O) groups is 3. The molecule has 0 spiro atoms. The maximum absolute atomic E-state index is 12.9. The number of benzene rings is 1. The van der Waals surface area contributed by atoms with E-state index in [2.05, 4.69) is 20.4 Å². The largest absolute Gasteiger partial charge is 0.495 e. The quantitative estimate of drug-likeness (QED) is 0.710. The first-order valence-corrected chi connectivity index (χ1v) is 8.45. The number of rotatable bonds is 7. The van der Waals surface area contributed by atoms with Crippen molar-refractivity contribution < 1.29 is 28.6 Å². The van der Waals surface area contributed by atoms with Gasteiger partial charge in [0.25, 0.3) is 0 Å². The molecule has 2 rings (SSSR count). The molecule has 0 aliphatic rings. The average molecular weight is 390 g/mol. The average Bonchev–Trinajstić information content (AvgIpc) is 3.12. The topological polar surface area (TPSA) is 122 Å². The molecular weight excluding hydrogens is 368 g/mol. The first-order valence-electron chi connectivity index (χ1n) is 8.45. The van der Waals surface area contributed by atoms with Gasteiger partial charge in [-0.05, 0) is 31.0 Å². The number of hydrogen-bond donors (Lipinski definition) is 1. The zero-order valence-electron chi connectivity index (χ0n) is 16.3. The SMILES string of the molecule is CC[C@@H](C(=O)Nc1cc(C)ccc1OC)n1nnc(C(=O)OC)c1C(=O)OC. The van der Waals surface area contributed by atoms with Crippen LogP contribution in [-0.4, -0.2) is 54.2 Å². The highest BCUT2D eigenvalue weighted by atomic mass is 16.5. The molecule has 2 aromatic rings. The van der Waals surface area contributed by atoms with Crippen LogP contribution in [0.25, 0.3) is 0 Å². The highest BCUT2D eigenvalue weighted by Crippen LogP contribution is 2.27. The summed E-state index contributed by atoms with van der Waals surface area (Å²) >= 11 is 0. The zero-order valence-corrected chi connectivity index (χ0v) is 16.3. The predicted molar refractivity (Wildman–Crippen MR) is 98.4 cm³/mol. The van der Waals surface area contributed by atoms with E-state index < -0.39 is 23.9 Å². The summed E-state index contributed by atoms with van der Waals surface area (Å²) < 4.78 is 15.7. The molecule has 1 heterocycles. The summed E-state index contributed by atoms with van der Waals surface area (Å²) in [6.45, 7) is 3.61. The van der Waals surface area contributed by atoms with Gasteiger partial charge in [-0.1, -0.05) is 18.2 Å². The molecule has 0 saturated heterocycles. The van der Waals surface area contributed by atoms with Gasteiger partial charge in [0.1, 0.15) is 11.8 Å². The lowest BCUT2D eigenvalue weighted by Crippen LogP contribution is -2.29. The van der Waals surface area contributed by atoms with Crippen LogP contribution in [0.1, 0.15) is 45.9 Å². The Morgan fingerprint density at radius 2 is 1.82 bits per heavy atom. The number of nitrogens with zero attached hydrogens (tertiary/aromatic N) is 3. The summed E-state index contributed by atoms with van der Waals surface area (Å²) in [6, 6.07) is 4.41. The predicted octanol–water partition coefficient (Wildman–Crippen LogP) is 1.76. The van der Waals surface area contributed by atoms with Gasteiger partial charge in [0.15, 0.2) is 5.69 Å². The molecule has 0 aliphatic heterocycles. The van der Waals surface area contributed by atoms with Crippen molar-refractivity contribution in [1.82, 2.24) is 15.0 Å². The van der Waals surface area contributed by atoms with E-state index in [0.29, 0.717) is 11.4 Å². The summed E-state index contributed by atoms with van der Waals surface area (Å²) in [5.74, 6) is -1.69. The molecule has 10 nitrogen and oxygen atoms in total. The van der Waals surface area contributed by atoms with E-state index in [1.165, 1.54) is 7.11 Å². The normalized spacial score (nSPS) is 11.5. The Hall–Kier alpha value is -3.43. The van der Waals surface area contributed by atoms with Crippen LogP contribution in [-0.2, 0) is 14.3 Å². The van der Waals surface area contributed by atoms with E-state index >= 15 is 0 Å². The van der Waals surface area contributed by atoms with Crippen LogP contribution in [0.4, 0.5) is 5.69 Å². The monoisotopic (exact) mass is 390 g/mol. The third kappa shape index (κ3) is 4.11. The Balaban J connectivity index is 2.44. The van der Waals surface area contributed by atoms with Crippen molar-refractivity contribution in [3.05, 3.63) is 35.2 Å². The second-order valence-electron chi connectivity index (χ2n) is 5.83. The number of esters is 2. The molecule has 150 valence electrons. The van der Waals surface area contributed by atoms with E-state index in [1.807, 2.05) is 13.0 Å². The van der Waals surface area contributed by atoms with Crippen LogP contribution in [0, 0.1) is 6.92 Å². The summed E-state index contributed by atoms with van der Waals surface area (Å²) in [4.78, 5) is 37.0. The van der Waals surface area contributed by atoms with Crippen molar-refractivity contribution in [2.45, 2.75) is 26.3 Å². The molecule has 0 fully saturated rings. The number of amides is 1. The van der Waals surface area contributed by atoms with E-state index in [0.717, 1.165) is 24.5 Å². The Labute approximate surface area is 161 Å². The van der Waals surface area contributed by atoms with E-state index in [9.17, 15) is 14.4 Å². The van der Waals surface area contributed by atoms with Gasteiger partial charge in [-0.3, -0.25) is 4.79 Å². The second kappa shape index (κ2) is 8.98. The molecule has 10 heteroatoms. The highest BCUT2D eigenvalue weighted by molar-refractivity contribution is 6.01. The Morgan fingerprint density at radius 1 is 1.14 bits per heavy atom. The lowest BCUT2D eigenvalue weighted by Gasteiger charge is -2.18. The van der Waals surface area contributed by atoms with Crippen LogP contribution in [0.5, 0.6) is 5.75 Å². The fourth-order valence-corrected chi connectivity index (χ4v) is 2.64. The fourth-order valence-electron chi connectivity index (χ4n) is 2.64. The number of aryl methyl sites for hydroxylation is 1. The summed E-state index contributed by atoms with van der Waals surface area (Å²) in [6.07, 6.45) is 0.272. The Bertz CT molecular complexity index is 892. The van der Waals surface area contributed by atoms with Gasteiger partial charge in [-0.2, -0.15) is 0 Å². The van der Waals surface area contributed by atoms with E-state index in [-0.39, 0.29) is 17.8 Å². The first-order chi connectivity index (χ1) is 13.4. The maximum Gasteiger partial charge on any atom is 0.361 e. The molecule has 1 aromatic carbocycles. The van der Waals surface area contributed by atoms with Crippen molar-refractivity contribution in [1.29, 1.82) is 0 Å². The minimum atomic E-state index is -0.926. The summed E-state index contributed by atoms with van der Waals surface area (Å²) in [5.41, 5.74) is 0.813. The molecule has 1 amide bonds. The van der Waals surface area contributed by atoms with Gasteiger partial charge >= 0.3 is 11.9 Å². The highest BCUT2D eigenvalue weighted by Gasteiger charge is 2.32. The number of hydrogen-bond acceptors (Lipinski definition) is 8. The van der Waals surface area contributed by atoms with Crippen LogP contribution >= 0.6 is 0 Å². The molecule has 1 aromatic heterocycles. The fraction of sp³-hybridized carbons (Fsp3) is 0.389. The molecular formula is C18H22N4O6. The molecule has 0 radical (unpaired) electrons. The third-order valence-corrected chi connectivity index (χ3v) is 4.05. The Morgan fingerprint density at radius 3 is 2.39 bits per heavy atom. The maximum atomic E-state index is 12.9. The lowest BCUT2D eigenvalue weighted by atomic mass is 10.1. The van der Waals surface area contributed by atoms with Crippen molar-refractivity contribution in [2.75, 3.05) is 26.6 Å². The lowest BCUT2D eigenvalue weighted by molar-refractivity contribution is -0.119. The summed E-state index contributed by atoms with van der Waals surface area (Å²) in [5, 5.41) is 10.3. The number of methoxy groups -OCH3 is 3. The van der Waals surface area contributed by atoms with Gasteiger partial charge < -0.3 is 19.5 Å². The van der Waals surface area contributed by atoms with Crippen LogP contribution in [0.3, 0.4) is 0 Å². The first kappa shape index (κ1) is 20.9. The Kier molecular flexibility index (Phi) is 6.69. The van der Waals surface area contributed by atoms with Crippen molar-refractivity contribution in [2.24, 2.45) is 0 Å². The van der Waals surface area contributed by atoms with Crippen molar-refractivity contribution in [3.63, 3.8) is 0 Å². The van der Waals surface area contributed by atoms with E-state index in [1.54, 1.807) is 19.1 Å². The minimum Gasteiger partial charge on any atom is -0.495 e. The molecule has 0 aliphatic carbocycles. The van der Waals surface area contributed by atoms with Gasteiger partial charge in [0.05, 0.1) is 27.0 Å². The van der Waals surface area contributed by atoms with Gasteiger partial charge in [0, 0.05) is 0 Å². The van der Waals surface area contributed by atoms with Gasteiger partial charge in [0.2, 0.25) is 11.6 Å². The van der Waals surface area contributed by atoms with E-state index in [4.69, 9.17) is 9.47 Å². The van der Waals surface area contributed by atoms with Gasteiger partial charge in [-0.15, -0.1) is 5.10 Å². The number of ether oxygens (including phenoxy) is 3. The van der Waals surface area contributed by atoms with Crippen LogP contribution in [0.2, 0.25) is 0 Å². The molecule has 1 atom stereocenters. The van der Waals surface area contributed by atoms with Crippen LogP contribution in [0.15, 0.2) is 18.2 Å². The number of aromatic nitrogens is 3. The number of nitrogens with one attached hydrogen (secondary N) is 1. The van der Waals surface area contributed by atoms with Crippen LogP contribution < -0.4 is 10.1 Å². The molecule has 0 saturated carbocycles.